The van der Waals surface area contributed by atoms with Crippen molar-refractivity contribution in [3.8, 4) is 0 Å². The molecule has 0 unspecified atom stereocenters. The van der Waals surface area contributed by atoms with Gasteiger partial charge in [-0.25, -0.2) is 0 Å². The number of nitrogens with one attached hydrogen (secondary N) is 1. The summed E-state index contributed by atoms with van der Waals surface area (Å²) in [5, 5.41) is 3.84. The maximum atomic E-state index is 11.9. The van der Waals surface area contributed by atoms with Gasteiger partial charge in [-0.1, -0.05) is 23.2 Å². The number of benzene rings is 1. The topological polar surface area (TPSA) is 58.4 Å². The fourth-order valence-electron chi connectivity index (χ4n) is 2.24. The highest BCUT2D eigenvalue weighted by Crippen LogP contribution is 2.25. The molecule has 1 fully saturated rings. The summed E-state index contributed by atoms with van der Waals surface area (Å²) < 4.78 is 0. The van der Waals surface area contributed by atoms with Crippen LogP contribution in [0.4, 0.5) is 5.69 Å². The Kier molecular flexibility index (Phi) is 5.66. The largest absolute Gasteiger partial charge is 0.328 e. The van der Waals surface area contributed by atoms with Crippen molar-refractivity contribution in [1.29, 1.82) is 0 Å². The molecule has 3 N–H and O–H groups in total. The molecule has 0 radical (unpaired) electrons. The quantitative estimate of drug-likeness (QED) is 0.898. The molecule has 0 saturated carbocycles. The highest BCUT2D eigenvalue weighted by molar-refractivity contribution is 6.35. The number of halogens is 2. The molecule has 0 spiro atoms. The first kappa shape index (κ1) is 15.6. The Morgan fingerprint density at radius 3 is 2.75 bits per heavy atom. The molecule has 0 aliphatic carbocycles. The Morgan fingerprint density at radius 1 is 1.35 bits per heavy atom. The van der Waals surface area contributed by atoms with Gasteiger partial charge < -0.3 is 16.0 Å². The molecule has 4 nitrogen and oxygen atoms in total. The van der Waals surface area contributed by atoms with E-state index in [0.717, 1.165) is 32.5 Å². The first-order valence-corrected chi connectivity index (χ1v) is 7.53. The van der Waals surface area contributed by atoms with Gasteiger partial charge in [-0.05, 0) is 44.1 Å². The number of nitrogens with two attached hydrogens (primary N) is 1. The molecule has 1 amide bonds. The number of likely N-dealkylation sites (tertiary alicyclic amines) is 1. The first-order valence-electron chi connectivity index (χ1n) is 6.77. The zero-order chi connectivity index (χ0) is 14.5. The molecular formula is C14H19Cl2N3O. The van der Waals surface area contributed by atoms with Crippen LogP contribution in [-0.2, 0) is 4.79 Å². The minimum Gasteiger partial charge on any atom is -0.328 e. The summed E-state index contributed by atoms with van der Waals surface area (Å²) in [6.07, 6.45) is 2.45. The van der Waals surface area contributed by atoms with E-state index in [1.54, 1.807) is 18.2 Å². The molecule has 2 rings (SSSR count). The van der Waals surface area contributed by atoms with E-state index in [-0.39, 0.29) is 5.91 Å². The van der Waals surface area contributed by atoms with Crippen molar-refractivity contribution in [3.63, 3.8) is 0 Å². The fourth-order valence-corrected chi connectivity index (χ4v) is 2.58. The number of amides is 1. The molecular weight excluding hydrogens is 297 g/mol. The normalized spacial score (nSPS) is 17.1. The molecule has 1 aromatic rings. The van der Waals surface area contributed by atoms with E-state index >= 15 is 0 Å². The molecule has 0 aromatic heterocycles. The number of carbonyl (C=O) groups is 1. The molecule has 1 heterocycles. The minimum absolute atomic E-state index is 0.0518. The zero-order valence-electron chi connectivity index (χ0n) is 11.2. The number of nitrogens with zero attached hydrogens (tertiary/aromatic N) is 1. The van der Waals surface area contributed by atoms with E-state index in [2.05, 4.69) is 10.2 Å². The lowest BCUT2D eigenvalue weighted by atomic mass is 10.1. The van der Waals surface area contributed by atoms with E-state index in [1.807, 2.05) is 0 Å². The average molecular weight is 316 g/mol. The molecule has 110 valence electrons. The average Bonchev–Trinajstić information content (AvgIpc) is 2.42. The van der Waals surface area contributed by atoms with E-state index < -0.39 is 0 Å². The lowest BCUT2D eigenvalue weighted by molar-refractivity contribution is -0.116. The van der Waals surface area contributed by atoms with E-state index in [1.165, 1.54) is 0 Å². The van der Waals surface area contributed by atoms with Crippen LogP contribution in [0.15, 0.2) is 18.2 Å². The summed E-state index contributed by atoms with van der Waals surface area (Å²) in [7, 11) is 0. The summed E-state index contributed by atoms with van der Waals surface area (Å²) in [6.45, 7) is 2.68. The summed E-state index contributed by atoms with van der Waals surface area (Å²) in [4.78, 5) is 14.2. The second-order valence-corrected chi connectivity index (χ2v) is 5.95. The summed E-state index contributed by atoms with van der Waals surface area (Å²) >= 11 is 11.9. The van der Waals surface area contributed by atoms with Crippen LogP contribution >= 0.6 is 23.2 Å². The summed E-state index contributed by atoms with van der Waals surface area (Å²) in [5.74, 6) is -0.0518. The number of hydrogen-bond acceptors (Lipinski definition) is 3. The summed E-state index contributed by atoms with van der Waals surface area (Å²) in [6, 6.07) is 5.33. The van der Waals surface area contributed by atoms with Crippen LogP contribution in [0.1, 0.15) is 19.3 Å². The number of rotatable bonds is 4. The monoisotopic (exact) mass is 315 g/mol. The summed E-state index contributed by atoms with van der Waals surface area (Å²) in [5.41, 5.74) is 6.41. The van der Waals surface area contributed by atoms with Crippen LogP contribution in [-0.4, -0.2) is 36.5 Å². The van der Waals surface area contributed by atoms with Gasteiger partial charge in [0.15, 0.2) is 0 Å². The van der Waals surface area contributed by atoms with Crippen LogP contribution in [0.3, 0.4) is 0 Å². The van der Waals surface area contributed by atoms with Crippen molar-refractivity contribution in [1.82, 2.24) is 4.90 Å². The van der Waals surface area contributed by atoms with Gasteiger partial charge in [-0.15, -0.1) is 0 Å². The number of carbonyl (C=O) groups excluding carboxylic acids is 1. The Balaban J connectivity index is 1.79. The van der Waals surface area contributed by atoms with Crippen LogP contribution in [0.5, 0.6) is 0 Å². The second kappa shape index (κ2) is 7.27. The highest BCUT2D eigenvalue weighted by Gasteiger charge is 2.16. The van der Waals surface area contributed by atoms with Gasteiger partial charge in [0, 0.05) is 24.0 Å². The first-order chi connectivity index (χ1) is 9.54. The third kappa shape index (κ3) is 4.63. The molecule has 0 atom stereocenters. The van der Waals surface area contributed by atoms with Crippen molar-refractivity contribution >= 4 is 34.8 Å². The van der Waals surface area contributed by atoms with E-state index in [4.69, 9.17) is 28.9 Å². The van der Waals surface area contributed by atoms with Crippen LogP contribution < -0.4 is 11.1 Å². The third-order valence-corrected chi connectivity index (χ3v) is 4.05. The predicted molar refractivity (Wildman–Crippen MR) is 83.4 cm³/mol. The number of piperidine rings is 1. The molecule has 1 aliphatic heterocycles. The molecule has 1 saturated heterocycles. The Bertz CT molecular complexity index is 473. The molecule has 6 heteroatoms. The molecule has 1 aromatic carbocycles. The van der Waals surface area contributed by atoms with Gasteiger partial charge in [-0.3, -0.25) is 4.79 Å². The Labute approximate surface area is 129 Å². The number of anilines is 1. The maximum Gasteiger partial charge on any atom is 0.225 e. The van der Waals surface area contributed by atoms with Crippen LogP contribution in [0, 0.1) is 0 Å². The highest BCUT2D eigenvalue weighted by atomic mass is 35.5. The van der Waals surface area contributed by atoms with Crippen molar-refractivity contribution < 1.29 is 4.79 Å². The number of hydrogen-bond donors (Lipinski definition) is 2. The van der Waals surface area contributed by atoms with Gasteiger partial charge in [0.05, 0.1) is 10.7 Å². The lowest BCUT2D eigenvalue weighted by Crippen LogP contribution is -2.40. The zero-order valence-corrected chi connectivity index (χ0v) is 12.8. The van der Waals surface area contributed by atoms with E-state index in [9.17, 15) is 4.79 Å². The second-order valence-electron chi connectivity index (χ2n) is 5.10. The van der Waals surface area contributed by atoms with Gasteiger partial charge in [0.2, 0.25) is 5.91 Å². The van der Waals surface area contributed by atoms with E-state index in [0.29, 0.717) is 28.2 Å². The predicted octanol–water partition coefficient (Wildman–Crippen LogP) is 2.75. The van der Waals surface area contributed by atoms with Crippen LogP contribution in [0.25, 0.3) is 0 Å². The van der Waals surface area contributed by atoms with Gasteiger partial charge in [0.1, 0.15) is 0 Å². The third-order valence-electron chi connectivity index (χ3n) is 3.49. The maximum absolute atomic E-state index is 11.9. The van der Waals surface area contributed by atoms with Gasteiger partial charge in [-0.2, -0.15) is 0 Å². The standard InChI is InChI=1S/C14H19Cl2N3O/c15-10-1-2-12(16)13(9-10)18-14(20)5-8-19-6-3-11(17)4-7-19/h1-2,9,11H,3-8,17H2,(H,18,20). The van der Waals surface area contributed by atoms with Crippen molar-refractivity contribution in [2.45, 2.75) is 25.3 Å². The lowest BCUT2D eigenvalue weighted by Gasteiger charge is -2.29. The van der Waals surface area contributed by atoms with Crippen molar-refractivity contribution in [2.24, 2.45) is 5.73 Å². The van der Waals surface area contributed by atoms with Crippen molar-refractivity contribution in [2.75, 3.05) is 25.0 Å². The fraction of sp³-hybridized carbons (Fsp3) is 0.500. The Morgan fingerprint density at radius 2 is 2.05 bits per heavy atom. The van der Waals surface area contributed by atoms with Crippen LogP contribution in [0.2, 0.25) is 10.0 Å². The Hall–Kier alpha value is -0.810. The van der Waals surface area contributed by atoms with Gasteiger partial charge >= 0.3 is 0 Å². The molecule has 0 bridgehead atoms. The SMILES string of the molecule is NC1CCN(CCC(=O)Nc2cc(Cl)ccc2Cl)CC1. The van der Waals surface area contributed by atoms with Crippen molar-refractivity contribution in [3.05, 3.63) is 28.2 Å². The smallest absolute Gasteiger partial charge is 0.225 e. The van der Waals surface area contributed by atoms with Gasteiger partial charge in [0.25, 0.3) is 0 Å². The minimum atomic E-state index is -0.0518. The molecule has 1 aliphatic rings. The molecule has 20 heavy (non-hydrogen) atoms.